The van der Waals surface area contributed by atoms with Crippen LogP contribution < -0.4 is 11.4 Å². The van der Waals surface area contributed by atoms with Crippen LogP contribution in [-0.4, -0.2) is 74.9 Å². The van der Waals surface area contributed by atoms with E-state index < -0.39 is 35.7 Å². The number of carboxylic acid groups (broad SMARTS) is 2. The number of rotatable bonds is 4. The predicted molar refractivity (Wildman–Crippen MR) is 71.8 cm³/mol. The van der Waals surface area contributed by atoms with Crippen molar-refractivity contribution in [2.75, 3.05) is 0 Å². The van der Waals surface area contributed by atoms with Crippen molar-refractivity contribution >= 4 is 23.5 Å². The number of nitrogens with zero attached hydrogens (tertiary/aromatic N) is 5. The van der Waals surface area contributed by atoms with E-state index in [2.05, 4.69) is 15.3 Å². The highest BCUT2D eigenvalue weighted by Gasteiger charge is 2.29. The molecule has 0 radical (unpaired) electrons. The Morgan fingerprint density at radius 2 is 1.67 bits per heavy atom. The number of primary amides is 1. The molecule has 2 aromatic rings. The van der Waals surface area contributed by atoms with E-state index in [0.717, 1.165) is 9.08 Å². The first-order chi connectivity index (χ1) is 11.1. The van der Waals surface area contributed by atoms with Gasteiger partial charge >= 0.3 is 17.6 Å². The summed E-state index contributed by atoms with van der Waals surface area (Å²) in [4.78, 5) is 45.5. The molecule has 1 amide bonds. The lowest BCUT2D eigenvalue weighted by Gasteiger charge is -2.07. The number of aliphatic hydroxyl groups excluding tert-OH is 2. The van der Waals surface area contributed by atoms with Crippen LogP contribution in [0.5, 0.6) is 0 Å². The van der Waals surface area contributed by atoms with Gasteiger partial charge in [0.05, 0.1) is 0 Å². The minimum absolute atomic E-state index is 0.0600. The number of amides is 1. The molecule has 6 N–H and O–H groups in total. The largest absolute Gasteiger partial charge is 0.479 e. The lowest BCUT2D eigenvalue weighted by Crippen LogP contribution is -2.39. The highest BCUT2D eigenvalue weighted by Crippen LogP contribution is 2.00. The first kappa shape index (κ1) is 18.7. The van der Waals surface area contributed by atoms with Crippen LogP contribution in [0.1, 0.15) is 10.5 Å². The first-order valence-electron chi connectivity index (χ1n) is 5.96. The van der Waals surface area contributed by atoms with Gasteiger partial charge in [0, 0.05) is 7.05 Å². The third kappa shape index (κ3) is 3.87. The van der Waals surface area contributed by atoms with Crippen molar-refractivity contribution in [3.05, 3.63) is 22.5 Å². The van der Waals surface area contributed by atoms with Crippen LogP contribution in [0.3, 0.4) is 0 Å². The number of hydrogen-bond acceptors (Lipinski definition) is 9. The van der Waals surface area contributed by atoms with Crippen molar-refractivity contribution in [2.45, 2.75) is 12.2 Å². The first-order valence-corrected chi connectivity index (χ1v) is 5.96. The van der Waals surface area contributed by atoms with E-state index in [1.807, 2.05) is 0 Å². The van der Waals surface area contributed by atoms with Gasteiger partial charge in [-0.25, -0.2) is 23.8 Å². The zero-order chi connectivity index (χ0) is 18.6. The summed E-state index contributed by atoms with van der Waals surface area (Å²) in [6.45, 7) is 0. The number of nitrogens with two attached hydrogens (primary N) is 1. The zero-order valence-corrected chi connectivity index (χ0v) is 12.0. The molecule has 0 bridgehead atoms. The van der Waals surface area contributed by atoms with Crippen LogP contribution in [0.25, 0.3) is 5.65 Å². The fourth-order valence-corrected chi connectivity index (χ4v) is 1.33. The highest BCUT2D eigenvalue weighted by molar-refractivity contribution is 5.96. The average molecular weight is 344 g/mol. The summed E-state index contributed by atoms with van der Waals surface area (Å²) in [6.07, 6.45) is -3.35. The van der Waals surface area contributed by atoms with Gasteiger partial charge in [-0.3, -0.25) is 4.79 Å². The normalized spacial score (nSPS) is 12.8. The van der Waals surface area contributed by atoms with E-state index in [1.54, 1.807) is 0 Å². The van der Waals surface area contributed by atoms with Crippen LogP contribution in [0.15, 0.2) is 11.1 Å². The maximum Gasteiger partial charge on any atom is 0.352 e. The monoisotopic (exact) mass is 344 g/mol. The number of imidazole rings is 1. The molecule has 0 aliphatic rings. The van der Waals surface area contributed by atoms with E-state index in [0.29, 0.717) is 0 Å². The third-order valence-electron chi connectivity index (χ3n) is 2.54. The van der Waals surface area contributed by atoms with Gasteiger partial charge in [-0.05, 0) is 0 Å². The number of carbonyl (C=O) groups is 3. The maximum absolute atomic E-state index is 11.4. The summed E-state index contributed by atoms with van der Waals surface area (Å²) in [5.41, 5.74) is 4.60. The molecule has 0 aliphatic heterocycles. The van der Waals surface area contributed by atoms with E-state index in [-0.39, 0.29) is 11.3 Å². The summed E-state index contributed by atoms with van der Waals surface area (Å²) in [6, 6.07) is 0. The molecule has 0 saturated heterocycles. The van der Waals surface area contributed by atoms with E-state index in [1.165, 1.54) is 13.4 Å². The van der Waals surface area contributed by atoms with Crippen molar-refractivity contribution < 1.29 is 34.8 Å². The van der Waals surface area contributed by atoms with Crippen molar-refractivity contribution in [3.8, 4) is 0 Å². The Labute approximate surface area is 131 Å². The molecule has 14 nitrogen and oxygen atoms in total. The fraction of sp³-hybridized carbons (Fsp3) is 0.300. The number of aryl methyl sites for hydroxylation is 1. The van der Waals surface area contributed by atoms with Gasteiger partial charge in [0.15, 0.2) is 23.5 Å². The molecule has 0 aliphatic carbocycles. The van der Waals surface area contributed by atoms with Gasteiger partial charge in [-0.15, -0.1) is 5.10 Å². The Kier molecular flexibility index (Phi) is 5.64. The molecule has 2 unspecified atom stereocenters. The summed E-state index contributed by atoms with van der Waals surface area (Å²) in [5.74, 6) is -4.28. The molecule has 0 saturated carbocycles. The lowest BCUT2D eigenvalue weighted by atomic mass is 10.2. The van der Waals surface area contributed by atoms with Crippen LogP contribution >= 0.6 is 0 Å². The second kappa shape index (κ2) is 7.25. The zero-order valence-electron chi connectivity index (χ0n) is 12.0. The Bertz CT molecular complexity index is 823. The fourth-order valence-electron chi connectivity index (χ4n) is 1.33. The van der Waals surface area contributed by atoms with Gasteiger partial charge in [0.2, 0.25) is 0 Å². The Hall–Kier alpha value is -3.39. The van der Waals surface area contributed by atoms with Crippen molar-refractivity contribution in [3.63, 3.8) is 0 Å². The average Bonchev–Trinajstić information content (AvgIpc) is 2.94. The molecule has 130 valence electrons. The van der Waals surface area contributed by atoms with E-state index in [9.17, 15) is 19.2 Å². The lowest BCUT2D eigenvalue weighted by molar-refractivity contribution is -0.165. The molecule has 0 aromatic carbocycles. The molecule has 14 heteroatoms. The molecule has 2 heterocycles. The van der Waals surface area contributed by atoms with Crippen molar-refractivity contribution in [1.82, 2.24) is 24.4 Å². The number of carbonyl (C=O) groups excluding carboxylic acids is 1. The van der Waals surface area contributed by atoms with Gasteiger partial charge < -0.3 is 26.2 Å². The SMILES string of the molecule is Cn1nnc2c(C(N)=O)ncn2c1=O.O=C(O)C(O)C(O)C(=O)O. The highest BCUT2D eigenvalue weighted by atomic mass is 16.4. The van der Waals surface area contributed by atoms with E-state index in [4.69, 9.17) is 26.2 Å². The van der Waals surface area contributed by atoms with Gasteiger partial charge in [-0.2, -0.15) is 4.68 Å². The summed E-state index contributed by atoms with van der Waals surface area (Å²) in [7, 11) is 1.44. The van der Waals surface area contributed by atoms with Crippen LogP contribution in [0, 0.1) is 0 Å². The van der Waals surface area contributed by atoms with Crippen LogP contribution in [0.2, 0.25) is 0 Å². The summed E-state index contributed by atoms with van der Waals surface area (Å²) in [5, 5.41) is 39.7. The smallest absolute Gasteiger partial charge is 0.352 e. The molecule has 2 atom stereocenters. The number of hydrogen-bond donors (Lipinski definition) is 5. The molecule has 0 fully saturated rings. The molecular formula is C10H12N6O8. The molecule has 24 heavy (non-hydrogen) atoms. The quantitative estimate of drug-likeness (QED) is 0.357. The summed E-state index contributed by atoms with van der Waals surface area (Å²) < 4.78 is 2.13. The maximum atomic E-state index is 11.4. The molecule has 0 spiro atoms. The number of fused-ring (bicyclic) bond motifs is 1. The van der Waals surface area contributed by atoms with Gasteiger partial charge in [0.25, 0.3) is 5.91 Å². The third-order valence-corrected chi connectivity index (χ3v) is 2.54. The number of aromatic nitrogens is 5. The van der Waals surface area contributed by atoms with Crippen LogP contribution in [0.4, 0.5) is 0 Å². The topological polar surface area (TPSA) is 223 Å². The van der Waals surface area contributed by atoms with E-state index >= 15 is 0 Å². The van der Waals surface area contributed by atoms with Gasteiger partial charge in [-0.1, -0.05) is 5.21 Å². The number of aliphatic carboxylic acids is 2. The summed E-state index contributed by atoms with van der Waals surface area (Å²) >= 11 is 0. The van der Waals surface area contributed by atoms with Gasteiger partial charge in [0.1, 0.15) is 6.33 Å². The van der Waals surface area contributed by atoms with Crippen LogP contribution in [-0.2, 0) is 16.6 Å². The van der Waals surface area contributed by atoms with Crippen molar-refractivity contribution in [2.24, 2.45) is 12.8 Å². The Balaban J connectivity index is 0.000000257. The Morgan fingerprint density at radius 3 is 2.08 bits per heavy atom. The second-order valence-electron chi connectivity index (χ2n) is 4.21. The Morgan fingerprint density at radius 1 is 1.17 bits per heavy atom. The number of aliphatic hydroxyl groups is 2. The molecule has 2 rings (SSSR count). The van der Waals surface area contributed by atoms with Crippen molar-refractivity contribution in [1.29, 1.82) is 0 Å². The number of carboxylic acids is 2. The second-order valence-corrected chi connectivity index (χ2v) is 4.21. The minimum Gasteiger partial charge on any atom is -0.479 e. The predicted octanol–water partition coefficient (Wildman–Crippen LogP) is -4.20. The minimum atomic E-state index is -2.27. The molecular weight excluding hydrogens is 332 g/mol. The standard InChI is InChI=1S/C6H6N6O2.C4H6O6/c1-11-6(14)12-2-8-3(4(7)13)5(12)9-10-11;5-1(3(7)8)2(6)4(9)10/h2H,1H3,(H2,7,13);1-2,5-6H,(H,7,8)(H,9,10). The molecule has 2 aromatic heterocycles.